The van der Waals surface area contributed by atoms with E-state index in [0.29, 0.717) is 18.9 Å². The van der Waals surface area contributed by atoms with Gasteiger partial charge in [0.1, 0.15) is 5.65 Å². The van der Waals surface area contributed by atoms with Gasteiger partial charge in [-0.3, -0.25) is 4.79 Å². The molecule has 0 aromatic carbocycles. The highest BCUT2D eigenvalue weighted by atomic mass is 127. The molecule has 2 aromatic heterocycles. The Labute approximate surface area is 125 Å². The van der Waals surface area contributed by atoms with Crippen LogP contribution in [0.2, 0.25) is 0 Å². The number of amides is 1. The summed E-state index contributed by atoms with van der Waals surface area (Å²) < 4.78 is 1.13. The third kappa shape index (κ3) is 3.26. The van der Waals surface area contributed by atoms with Gasteiger partial charge in [0.2, 0.25) is 5.91 Å². The lowest BCUT2D eigenvalue weighted by atomic mass is 10.1. The molecule has 0 aliphatic heterocycles. The number of carbonyl (C=O) groups excluding carboxylic acids is 1. The van der Waals surface area contributed by atoms with Gasteiger partial charge < -0.3 is 10.3 Å². The maximum Gasteiger partial charge on any atom is 0.220 e. The molecular formula is C14H16IN3O. The summed E-state index contributed by atoms with van der Waals surface area (Å²) >= 11 is 2.26. The Hall–Kier alpha value is -1.11. The summed E-state index contributed by atoms with van der Waals surface area (Å²) in [6.07, 6.45) is 7.83. The molecule has 2 heterocycles. The quantitative estimate of drug-likeness (QED) is 0.797. The summed E-state index contributed by atoms with van der Waals surface area (Å²) in [5.74, 6) is 0.842. The topological polar surface area (TPSA) is 57.8 Å². The number of aromatic amines is 1. The van der Waals surface area contributed by atoms with E-state index in [4.69, 9.17) is 0 Å². The minimum atomic E-state index is 0.190. The molecule has 4 nitrogen and oxygen atoms in total. The molecule has 2 aromatic rings. The fourth-order valence-corrected chi connectivity index (χ4v) is 2.68. The van der Waals surface area contributed by atoms with Crippen LogP contribution in [-0.2, 0) is 11.2 Å². The van der Waals surface area contributed by atoms with Crippen molar-refractivity contribution in [2.45, 2.75) is 25.7 Å². The standard InChI is InChI=1S/C14H16IN3O/c15-11-6-12-10(7-17-14(12)18-8-11)3-4-16-13(19)5-9-1-2-9/h6-9H,1-5H2,(H,16,19)(H,17,18). The summed E-state index contributed by atoms with van der Waals surface area (Å²) in [5.41, 5.74) is 2.13. The molecule has 1 aliphatic carbocycles. The summed E-state index contributed by atoms with van der Waals surface area (Å²) in [7, 11) is 0. The maximum atomic E-state index is 11.6. The van der Waals surface area contributed by atoms with E-state index in [1.807, 2.05) is 12.4 Å². The van der Waals surface area contributed by atoms with E-state index in [0.717, 1.165) is 21.0 Å². The molecule has 1 amide bonds. The molecule has 1 aliphatic rings. The average molecular weight is 369 g/mol. The van der Waals surface area contributed by atoms with Gasteiger partial charge in [0.05, 0.1) is 0 Å². The lowest BCUT2D eigenvalue weighted by molar-refractivity contribution is -0.121. The molecule has 19 heavy (non-hydrogen) atoms. The van der Waals surface area contributed by atoms with Gasteiger partial charge in [-0.2, -0.15) is 0 Å². The third-order valence-corrected chi connectivity index (χ3v) is 4.06. The first-order valence-electron chi connectivity index (χ1n) is 6.60. The van der Waals surface area contributed by atoms with Crippen LogP contribution in [0.1, 0.15) is 24.8 Å². The van der Waals surface area contributed by atoms with E-state index in [2.05, 4.69) is 43.9 Å². The Morgan fingerprint density at radius 1 is 1.53 bits per heavy atom. The normalized spacial score (nSPS) is 14.8. The molecule has 0 saturated heterocycles. The average Bonchev–Trinajstić information content (AvgIpc) is 3.10. The zero-order valence-corrected chi connectivity index (χ0v) is 12.7. The van der Waals surface area contributed by atoms with Gasteiger partial charge in [0.25, 0.3) is 0 Å². The van der Waals surface area contributed by atoms with Crippen LogP contribution >= 0.6 is 22.6 Å². The van der Waals surface area contributed by atoms with Crippen LogP contribution in [0.15, 0.2) is 18.5 Å². The fourth-order valence-electron chi connectivity index (χ4n) is 2.23. The van der Waals surface area contributed by atoms with E-state index in [1.54, 1.807) is 0 Å². The molecule has 5 heteroatoms. The minimum absolute atomic E-state index is 0.190. The number of aromatic nitrogens is 2. The van der Waals surface area contributed by atoms with E-state index in [9.17, 15) is 4.79 Å². The van der Waals surface area contributed by atoms with Gasteiger partial charge in [-0.25, -0.2) is 4.98 Å². The van der Waals surface area contributed by atoms with Gasteiger partial charge in [0.15, 0.2) is 0 Å². The first kappa shape index (κ1) is 12.9. The van der Waals surface area contributed by atoms with Crippen molar-refractivity contribution in [2.75, 3.05) is 6.54 Å². The molecule has 0 bridgehead atoms. The monoisotopic (exact) mass is 369 g/mol. The lowest BCUT2D eigenvalue weighted by Crippen LogP contribution is -2.25. The first-order chi connectivity index (χ1) is 9.22. The molecule has 0 radical (unpaired) electrons. The minimum Gasteiger partial charge on any atom is -0.356 e. The maximum absolute atomic E-state index is 11.6. The number of carbonyl (C=O) groups is 1. The van der Waals surface area contributed by atoms with Gasteiger partial charge in [-0.05, 0) is 59.4 Å². The van der Waals surface area contributed by atoms with Crippen molar-refractivity contribution >= 4 is 39.5 Å². The van der Waals surface area contributed by atoms with E-state index in [-0.39, 0.29) is 5.91 Å². The Balaban J connectivity index is 1.58. The Bertz CT molecular complexity index is 604. The van der Waals surface area contributed by atoms with Gasteiger partial charge in [-0.15, -0.1) is 0 Å². The van der Waals surface area contributed by atoms with Crippen molar-refractivity contribution in [3.8, 4) is 0 Å². The van der Waals surface area contributed by atoms with Gasteiger partial charge in [0, 0.05) is 34.3 Å². The van der Waals surface area contributed by atoms with Crippen LogP contribution < -0.4 is 5.32 Å². The van der Waals surface area contributed by atoms with E-state index in [1.165, 1.54) is 18.4 Å². The van der Waals surface area contributed by atoms with Crippen molar-refractivity contribution in [1.29, 1.82) is 0 Å². The Morgan fingerprint density at radius 3 is 3.16 bits per heavy atom. The lowest BCUT2D eigenvalue weighted by Gasteiger charge is -2.04. The number of nitrogens with zero attached hydrogens (tertiary/aromatic N) is 1. The highest BCUT2D eigenvalue weighted by Crippen LogP contribution is 2.32. The van der Waals surface area contributed by atoms with Crippen LogP contribution in [0.3, 0.4) is 0 Å². The zero-order chi connectivity index (χ0) is 13.2. The van der Waals surface area contributed by atoms with Crippen molar-refractivity contribution < 1.29 is 4.79 Å². The van der Waals surface area contributed by atoms with E-state index >= 15 is 0 Å². The van der Waals surface area contributed by atoms with E-state index < -0.39 is 0 Å². The van der Waals surface area contributed by atoms with Gasteiger partial charge in [-0.1, -0.05) is 0 Å². The Kier molecular flexibility index (Phi) is 3.72. The molecule has 1 fully saturated rings. The summed E-state index contributed by atoms with van der Waals surface area (Å²) in [6, 6.07) is 2.13. The number of hydrogen-bond acceptors (Lipinski definition) is 2. The Morgan fingerprint density at radius 2 is 2.37 bits per heavy atom. The number of nitrogens with one attached hydrogen (secondary N) is 2. The molecule has 0 unspecified atom stereocenters. The molecule has 3 rings (SSSR count). The molecule has 1 saturated carbocycles. The predicted molar refractivity (Wildman–Crippen MR) is 82.9 cm³/mol. The molecule has 0 atom stereocenters. The van der Waals surface area contributed by atoms with Crippen LogP contribution in [0.25, 0.3) is 11.0 Å². The summed E-state index contributed by atoms with van der Waals surface area (Å²) in [6.45, 7) is 0.698. The molecule has 2 N–H and O–H groups in total. The highest BCUT2D eigenvalue weighted by molar-refractivity contribution is 14.1. The first-order valence-corrected chi connectivity index (χ1v) is 7.68. The van der Waals surface area contributed by atoms with Crippen LogP contribution in [0, 0.1) is 9.49 Å². The molecular weight excluding hydrogens is 353 g/mol. The second-order valence-corrected chi connectivity index (χ2v) is 6.36. The number of fused-ring (bicyclic) bond motifs is 1. The number of pyridine rings is 1. The number of H-pyrrole nitrogens is 1. The van der Waals surface area contributed by atoms with Crippen LogP contribution in [-0.4, -0.2) is 22.4 Å². The SMILES string of the molecule is O=C(CC1CC1)NCCc1c[nH]c2ncc(I)cc12. The van der Waals surface area contributed by atoms with Crippen molar-refractivity contribution in [1.82, 2.24) is 15.3 Å². The van der Waals surface area contributed by atoms with Crippen molar-refractivity contribution in [2.24, 2.45) is 5.92 Å². The largest absolute Gasteiger partial charge is 0.356 e. The highest BCUT2D eigenvalue weighted by Gasteiger charge is 2.23. The number of halogens is 1. The second-order valence-electron chi connectivity index (χ2n) is 5.11. The van der Waals surface area contributed by atoms with Crippen molar-refractivity contribution in [3.63, 3.8) is 0 Å². The third-order valence-electron chi connectivity index (χ3n) is 3.47. The predicted octanol–water partition coefficient (Wildman–Crippen LogP) is 2.63. The number of hydrogen-bond donors (Lipinski definition) is 2. The molecule has 0 spiro atoms. The summed E-state index contributed by atoms with van der Waals surface area (Å²) in [5, 5.41) is 4.15. The van der Waals surface area contributed by atoms with Crippen LogP contribution in [0.5, 0.6) is 0 Å². The smallest absolute Gasteiger partial charge is 0.220 e. The van der Waals surface area contributed by atoms with Crippen molar-refractivity contribution in [3.05, 3.63) is 27.6 Å². The fraction of sp³-hybridized carbons (Fsp3) is 0.429. The number of rotatable bonds is 5. The molecule has 100 valence electrons. The van der Waals surface area contributed by atoms with Crippen LogP contribution in [0.4, 0.5) is 0 Å². The zero-order valence-electron chi connectivity index (χ0n) is 10.6. The summed E-state index contributed by atoms with van der Waals surface area (Å²) in [4.78, 5) is 19.1. The second kappa shape index (κ2) is 5.48. The van der Waals surface area contributed by atoms with Gasteiger partial charge >= 0.3 is 0 Å².